The van der Waals surface area contributed by atoms with Crippen LogP contribution in [0.1, 0.15) is 29.3 Å². The van der Waals surface area contributed by atoms with E-state index in [9.17, 15) is 4.79 Å². The third kappa shape index (κ3) is 4.06. The zero-order chi connectivity index (χ0) is 21.4. The minimum absolute atomic E-state index is 0.00125. The second-order valence-corrected chi connectivity index (χ2v) is 10.5. The van der Waals surface area contributed by atoms with Crippen LogP contribution in [0.2, 0.25) is 0 Å². The standard InChI is InChI=1S/C22H23N5OS3/c1-13(11-14-7-4-3-5-8-14)23-17(28)12-30-22-26-25-19-18-15-9-6-10-16(15)31-20(18)24-21(29-2)27(19)22/h3-5,7-8,13H,6,9-12H2,1-2H3,(H,23,28)/t13-/m0/s1. The molecule has 4 aromatic rings. The predicted octanol–water partition coefficient (Wildman–Crippen LogP) is 4.39. The molecule has 5 rings (SSSR count). The van der Waals surface area contributed by atoms with E-state index < -0.39 is 0 Å². The van der Waals surface area contributed by atoms with Gasteiger partial charge in [0.2, 0.25) is 5.91 Å². The van der Waals surface area contributed by atoms with Gasteiger partial charge in [-0.2, -0.15) is 0 Å². The monoisotopic (exact) mass is 469 g/mol. The minimum Gasteiger partial charge on any atom is -0.353 e. The number of hydrogen-bond acceptors (Lipinski definition) is 7. The molecule has 0 spiro atoms. The zero-order valence-corrected chi connectivity index (χ0v) is 19.9. The summed E-state index contributed by atoms with van der Waals surface area (Å²) in [6.07, 6.45) is 6.25. The maximum absolute atomic E-state index is 12.5. The molecule has 6 nitrogen and oxygen atoms in total. The van der Waals surface area contributed by atoms with Crippen LogP contribution in [-0.2, 0) is 24.1 Å². The Morgan fingerprint density at radius 3 is 2.87 bits per heavy atom. The van der Waals surface area contributed by atoms with E-state index in [0.29, 0.717) is 5.75 Å². The van der Waals surface area contributed by atoms with Crippen molar-refractivity contribution >= 4 is 56.6 Å². The van der Waals surface area contributed by atoms with Crippen molar-refractivity contribution in [3.63, 3.8) is 0 Å². The normalized spacial score (nSPS) is 14.3. The highest BCUT2D eigenvalue weighted by Gasteiger charge is 2.24. The smallest absolute Gasteiger partial charge is 0.230 e. The summed E-state index contributed by atoms with van der Waals surface area (Å²) in [7, 11) is 0. The molecule has 1 N–H and O–H groups in total. The molecule has 160 valence electrons. The number of benzene rings is 1. The topological polar surface area (TPSA) is 72.2 Å². The van der Waals surface area contributed by atoms with Crippen LogP contribution in [0.25, 0.3) is 15.9 Å². The summed E-state index contributed by atoms with van der Waals surface area (Å²) in [4.78, 5) is 19.9. The van der Waals surface area contributed by atoms with Crippen LogP contribution in [0.3, 0.4) is 0 Å². The molecule has 31 heavy (non-hydrogen) atoms. The summed E-state index contributed by atoms with van der Waals surface area (Å²) in [6, 6.07) is 10.3. The Labute approximate surface area is 193 Å². The second-order valence-electron chi connectivity index (χ2n) is 7.72. The van der Waals surface area contributed by atoms with Gasteiger partial charge >= 0.3 is 0 Å². The number of carbonyl (C=O) groups excluding carboxylic acids is 1. The molecule has 1 amide bonds. The van der Waals surface area contributed by atoms with E-state index >= 15 is 0 Å². The number of amides is 1. The van der Waals surface area contributed by atoms with E-state index in [2.05, 4.69) is 27.6 Å². The van der Waals surface area contributed by atoms with E-state index in [1.54, 1.807) is 23.1 Å². The molecule has 0 saturated carbocycles. The van der Waals surface area contributed by atoms with Crippen molar-refractivity contribution in [2.24, 2.45) is 0 Å². The number of thiophene rings is 1. The molecule has 1 atom stereocenters. The van der Waals surface area contributed by atoms with Gasteiger partial charge in [-0.1, -0.05) is 53.9 Å². The molecule has 0 aliphatic heterocycles. The Bertz CT molecular complexity index is 1250. The first-order chi connectivity index (χ1) is 15.1. The van der Waals surface area contributed by atoms with Gasteiger partial charge in [-0.15, -0.1) is 21.5 Å². The van der Waals surface area contributed by atoms with Crippen LogP contribution in [0.5, 0.6) is 0 Å². The molecule has 3 heterocycles. The van der Waals surface area contributed by atoms with Crippen LogP contribution < -0.4 is 5.32 Å². The fourth-order valence-electron chi connectivity index (χ4n) is 4.14. The van der Waals surface area contributed by atoms with Gasteiger partial charge in [0.15, 0.2) is 16.0 Å². The van der Waals surface area contributed by atoms with Crippen molar-refractivity contribution in [1.29, 1.82) is 0 Å². The summed E-state index contributed by atoms with van der Waals surface area (Å²) in [5.41, 5.74) is 3.48. The Morgan fingerprint density at radius 1 is 1.23 bits per heavy atom. The number of aryl methyl sites for hydroxylation is 2. The Hall–Kier alpha value is -2.10. The fourth-order valence-corrected chi connectivity index (χ4v) is 6.79. The Morgan fingerprint density at radius 2 is 2.06 bits per heavy atom. The van der Waals surface area contributed by atoms with E-state index in [1.807, 2.05) is 35.8 Å². The average molecular weight is 470 g/mol. The first-order valence-electron chi connectivity index (χ1n) is 10.3. The number of hydrogen-bond donors (Lipinski definition) is 1. The van der Waals surface area contributed by atoms with Crippen molar-refractivity contribution in [3.8, 4) is 0 Å². The van der Waals surface area contributed by atoms with Crippen molar-refractivity contribution in [2.75, 3.05) is 12.0 Å². The second kappa shape index (κ2) is 8.80. The average Bonchev–Trinajstić information content (AvgIpc) is 3.46. The lowest BCUT2D eigenvalue weighted by molar-refractivity contribution is -0.119. The summed E-state index contributed by atoms with van der Waals surface area (Å²) < 4.78 is 2.02. The van der Waals surface area contributed by atoms with E-state index in [1.165, 1.54) is 34.2 Å². The molecule has 1 aliphatic carbocycles. The third-order valence-corrected chi connectivity index (χ3v) is 8.21. The largest absolute Gasteiger partial charge is 0.353 e. The van der Waals surface area contributed by atoms with Crippen LogP contribution in [0.4, 0.5) is 0 Å². The van der Waals surface area contributed by atoms with Gasteiger partial charge in [0.25, 0.3) is 0 Å². The number of fused-ring (bicyclic) bond motifs is 5. The Balaban J connectivity index is 1.33. The van der Waals surface area contributed by atoms with Gasteiger partial charge < -0.3 is 5.32 Å². The summed E-state index contributed by atoms with van der Waals surface area (Å²) in [5.74, 6) is 0.300. The number of nitrogens with one attached hydrogen (secondary N) is 1. The molecule has 9 heteroatoms. The van der Waals surface area contributed by atoms with Crippen LogP contribution >= 0.6 is 34.9 Å². The number of nitrogens with zero attached hydrogens (tertiary/aromatic N) is 4. The third-order valence-electron chi connectivity index (χ3n) is 5.46. The molecule has 0 saturated heterocycles. The number of thioether (sulfide) groups is 2. The lowest BCUT2D eigenvalue weighted by Crippen LogP contribution is -2.35. The molecule has 0 fully saturated rings. The van der Waals surface area contributed by atoms with Gasteiger partial charge in [0.05, 0.1) is 11.1 Å². The molecular weight excluding hydrogens is 446 g/mol. The maximum Gasteiger partial charge on any atom is 0.230 e. The van der Waals surface area contributed by atoms with Crippen molar-refractivity contribution in [2.45, 2.75) is 49.0 Å². The highest BCUT2D eigenvalue weighted by molar-refractivity contribution is 8.00. The molecule has 3 aromatic heterocycles. The first-order valence-corrected chi connectivity index (χ1v) is 13.4. The van der Waals surface area contributed by atoms with Crippen molar-refractivity contribution in [3.05, 3.63) is 46.3 Å². The maximum atomic E-state index is 12.5. The number of aromatic nitrogens is 4. The predicted molar refractivity (Wildman–Crippen MR) is 128 cm³/mol. The van der Waals surface area contributed by atoms with Crippen LogP contribution in [0.15, 0.2) is 40.6 Å². The van der Waals surface area contributed by atoms with E-state index in [4.69, 9.17) is 4.98 Å². The van der Waals surface area contributed by atoms with Crippen molar-refractivity contribution in [1.82, 2.24) is 24.9 Å². The quantitative estimate of drug-likeness (QED) is 0.320. The number of carbonyl (C=O) groups is 1. The van der Waals surface area contributed by atoms with Gasteiger partial charge in [-0.05, 0) is 50.0 Å². The highest BCUT2D eigenvalue weighted by atomic mass is 32.2. The Kier molecular flexibility index (Phi) is 5.90. The highest BCUT2D eigenvalue weighted by Crippen LogP contribution is 2.40. The fraction of sp³-hybridized carbons (Fsp3) is 0.364. The van der Waals surface area contributed by atoms with Crippen LogP contribution in [-0.4, -0.2) is 43.5 Å². The lowest BCUT2D eigenvalue weighted by atomic mass is 10.1. The SMILES string of the molecule is CSc1nc2sc3c(c2c2nnc(SCC(=O)N[C@@H](C)Cc4ccccc4)n12)CCC3. The molecule has 0 radical (unpaired) electrons. The van der Waals surface area contributed by atoms with Gasteiger partial charge in [0, 0.05) is 10.9 Å². The van der Waals surface area contributed by atoms with Gasteiger partial charge in [0.1, 0.15) is 4.83 Å². The molecular formula is C22H23N5OS3. The molecule has 1 aromatic carbocycles. The molecule has 1 aliphatic rings. The molecule has 0 bridgehead atoms. The summed E-state index contributed by atoms with van der Waals surface area (Å²) in [6.45, 7) is 2.03. The van der Waals surface area contributed by atoms with E-state index in [-0.39, 0.29) is 11.9 Å². The van der Waals surface area contributed by atoms with Crippen LogP contribution in [0, 0.1) is 0 Å². The number of rotatable bonds is 7. The first kappa shape index (κ1) is 20.8. The van der Waals surface area contributed by atoms with Gasteiger partial charge in [-0.3, -0.25) is 4.79 Å². The zero-order valence-electron chi connectivity index (χ0n) is 17.4. The lowest BCUT2D eigenvalue weighted by Gasteiger charge is -2.13. The van der Waals surface area contributed by atoms with Crippen molar-refractivity contribution < 1.29 is 4.79 Å². The molecule has 0 unspecified atom stereocenters. The summed E-state index contributed by atoms with van der Waals surface area (Å²) in [5, 5.41) is 14.8. The van der Waals surface area contributed by atoms with Gasteiger partial charge in [-0.25, -0.2) is 9.38 Å². The summed E-state index contributed by atoms with van der Waals surface area (Å²) >= 11 is 4.79. The minimum atomic E-state index is 0.00125. The van der Waals surface area contributed by atoms with E-state index in [0.717, 1.165) is 45.4 Å².